The van der Waals surface area contributed by atoms with Gasteiger partial charge in [-0.15, -0.1) is 0 Å². The molecule has 1 aliphatic carbocycles. The SMILES string of the molecule is O=C1C[C@H]2CC[C@@H](CO)C[C@H]2O1. The van der Waals surface area contributed by atoms with Crippen LogP contribution in [0.5, 0.6) is 0 Å². The van der Waals surface area contributed by atoms with Crippen molar-refractivity contribution in [1.29, 1.82) is 0 Å². The molecular formula is C9H14O3. The minimum atomic E-state index is -0.0522. The van der Waals surface area contributed by atoms with E-state index in [1.165, 1.54) is 0 Å². The van der Waals surface area contributed by atoms with Crippen LogP contribution in [0.3, 0.4) is 0 Å². The molecule has 0 radical (unpaired) electrons. The normalized spacial score (nSPS) is 40.8. The van der Waals surface area contributed by atoms with Crippen LogP contribution in [-0.2, 0) is 9.53 Å². The molecule has 1 N–H and O–H groups in total. The lowest BCUT2D eigenvalue weighted by Gasteiger charge is -2.28. The lowest BCUT2D eigenvalue weighted by molar-refractivity contribution is -0.142. The molecule has 0 aromatic rings. The maximum absolute atomic E-state index is 10.9. The molecule has 1 saturated heterocycles. The summed E-state index contributed by atoms with van der Waals surface area (Å²) >= 11 is 0. The van der Waals surface area contributed by atoms with Gasteiger partial charge in [0.05, 0.1) is 6.42 Å². The fourth-order valence-electron chi connectivity index (χ4n) is 2.25. The molecule has 0 aromatic heterocycles. The molecule has 2 fully saturated rings. The maximum Gasteiger partial charge on any atom is 0.306 e. The second kappa shape index (κ2) is 3.05. The molecule has 3 heteroatoms. The highest BCUT2D eigenvalue weighted by atomic mass is 16.5. The van der Waals surface area contributed by atoms with E-state index in [4.69, 9.17) is 9.84 Å². The highest BCUT2D eigenvalue weighted by Gasteiger charge is 2.39. The van der Waals surface area contributed by atoms with Crippen LogP contribution in [0.2, 0.25) is 0 Å². The first-order chi connectivity index (χ1) is 5.79. The molecule has 12 heavy (non-hydrogen) atoms. The summed E-state index contributed by atoms with van der Waals surface area (Å²) < 4.78 is 5.15. The fraction of sp³-hybridized carbons (Fsp3) is 0.889. The Morgan fingerprint density at radius 2 is 2.33 bits per heavy atom. The second-order valence-corrected chi connectivity index (χ2v) is 3.85. The van der Waals surface area contributed by atoms with Crippen LogP contribution in [-0.4, -0.2) is 23.8 Å². The number of ether oxygens (including phenoxy) is 1. The Labute approximate surface area is 71.7 Å². The molecule has 0 spiro atoms. The Morgan fingerprint density at radius 3 is 3.08 bits per heavy atom. The first kappa shape index (κ1) is 8.05. The summed E-state index contributed by atoms with van der Waals surface area (Å²) in [4.78, 5) is 10.9. The number of hydrogen-bond donors (Lipinski definition) is 1. The van der Waals surface area contributed by atoms with Gasteiger partial charge >= 0.3 is 5.97 Å². The molecule has 0 aromatic carbocycles. The van der Waals surface area contributed by atoms with Gasteiger partial charge in [-0.25, -0.2) is 0 Å². The molecule has 2 aliphatic rings. The monoisotopic (exact) mass is 170 g/mol. The number of aliphatic hydroxyl groups is 1. The van der Waals surface area contributed by atoms with Gasteiger partial charge in [0, 0.05) is 12.5 Å². The number of carbonyl (C=O) groups is 1. The Kier molecular flexibility index (Phi) is 2.05. The summed E-state index contributed by atoms with van der Waals surface area (Å²) in [6.07, 6.45) is 3.68. The van der Waals surface area contributed by atoms with Crippen LogP contribution >= 0.6 is 0 Å². The van der Waals surface area contributed by atoms with Crippen molar-refractivity contribution in [2.24, 2.45) is 11.8 Å². The lowest BCUT2D eigenvalue weighted by Crippen LogP contribution is -2.27. The molecule has 2 rings (SSSR count). The molecule has 3 atom stereocenters. The number of aliphatic hydroxyl groups excluding tert-OH is 1. The third kappa shape index (κ3) is 1.33. The van der Waals surface area contributed by atoms with Gasteiger partial charge in [0.2, 0.25) is 0 Å². The number of esters is 1. The summed E-state index contributed by atoms with van der Waals surface area (Å²) in [5.74, 6) is 0.751. The Balaban J connectivity index is 1.97. The zero-order chi connectivity index (χ0) is 8.55. The summed E-state index contributed by atoms with van der Waals surface area (Å²) in [5.41, 5.74) is 0. The number of rotatable bonds is 1. The topological polar surface area (TPSA) is 46.5 Å². The zero-order valence-electron chi connectivity index (χ0n) is 7.03. The highest BCUT2D eigenvalue weighted by molar-refractivity contribution is 5.72. The molecule has 0 bridgehead atoms. The van der Waals surface area contributed by atoms with Gasteiger partial charge in [-0.1, -0.05) is 0 Å². The molecule has 0 unspecified atom stereocenters. The molecule has 1 saturated carbocycles. The third-order valence-electron chi connectivity index (χ3n) is 3.01. The summed E-state index contributed by atoms with van der Waals surface area (Å²) in [6, 6.07) is 0. The van der Waals surface area contributed by atoms with E-state index in [0.29, 0.717) is 18.3 Å². The first-order valence-corrected chi connectivity index (χ1v) is 4.60. The molecule has 1 heterocycles. The fourth-order valence-corrected chi connectivity index (χ4v) is 2.25. The molecule has 68 valence electrons. The second-order valence-electron chi connectivity index (χ2n) is 3.85. The smallest absolute Gasteiger partial charge is 0.306 e. The van der Waals surface area contributed by atoms with Crippen molar-refractivity contribution in [2.45, 2.75) is 31.8 Å². The van der Waals surface area contributed by atoms with Gasteiger partial charge < -0.3 is 9.84 Å². The average molecular weight is 170 g/mol. The molecule has 1 aliphatic heterocycles. The first-order valence-electron chi connectivity index (χ1n) is 4.60. The van der Waals surface area contributed by atoms with E-state index in [1.54, 1.807) is 0 Å². The van der Waals surface area contributed by atoms with Crippen molar-refractivity contribution in [3.05, 3.63) is 0 Å². The van der Waals surface area contributed by atoms with E-state index >= 15 is 0 Å². The van der Waals surface area contributed by atoms with E-state index in [2.05, 4.69) is 0 Å². The number of hydrogen-bond acceptors (Lipinski definition) is 3. The van der Waals surface area contributed by atoms with Crippen LogP contribution in [0.25, 0.3) is 0 Å². The van der Waals surface area contributed by atoms with Crippen molar-refractivity contribution in [3.63, 3.8) is 0 Å². The minimum Gasteiger partial charge on any atom is -0.462 e. The largest absolute Gasteiger partial charge is 0.462 e. The van der Waals surface area contributed by atoms with E-state index in [1.807, 2.05) is 0 Å². The van der Waals surface area contributed by atoms with E-state index in [-0.39, 0.29) is 18.7 Å². The Bertz CT molecular complexity index is 190. The van der Waals surface area contributed by atoms with Crippen molar-refractivity contribution < 1.29 is 14.6 Å². The number of carbonyl (C=O) groups excluding carboxylic acids is 1. The predicted octanol–water partition coefficient (Wildman–Crippen LogP) is 0.710. The standard InChI is InChI=1S/C9H14O3/c10-5-6-1-2-7-4-9(11)12-8(7)3-6/h6-8,10H,1-5H2/t6-,7-,8-/m1/s1. The van der Waals surface area contributed by atoms with Crippen LogP contribution < -0.4 is 0 Å². The minimum absolute atomic E-state index is 0.0522. The molecule has 0 amide bonds. The Morgan fingerprint density at radius 1 is 1.50 bits per heavy atom. The van der Waals surface area contributed by atoms with Gasteiger partial charge in [0.1, 0.15) is 6.10 Å². The van der Waals surface area contributed by atoms with Gasteiger partial charge in [-0.3, -0.25) is 4.79 Å². The summed E-state index contributed by atoms with van der Waals surface area (Å²) in [5, 5.41) is 8.94. The maximum atomic E-state index is 10.9. The van der Waals surface area contributed by atoms with E-state index < -0.39 is 0 Å². The van der Waals surface area contributed by atoms with Gasteiger partial charge in [0.25, 0.3) is 0 Å². The lowest BCUT2D eigenvalue weighted by atomic mass is 9.80. The molecule has 3 nitrogen and oxygen atoms in total. The third-order valence-corrected chi connectivity index (χ3v) is 3.01. The van der Waals surface area contributed by atoms with Gasteiger partial charge in [-0.05, 0) is 25.2 Å². The van der Waals surface area contributed by atoms with Crippen LogP contribution in [0.4, 0.5) is 0 Å². The summed E-state index contributed by atoms with van der Waals surface area (Å²) in [6.45, 7) is 0.237. The Hall–Kier alpha value is -0.570. The zero-order valence-corrected chi connectivity index (χ0v) is 7.03. The van der Waals surface area contributed by atoms with Crippen LogP contribution in [0.1, 0.15) is 25.7 Å². The number of fused-ring (bicyclic) bond motifs is 1. The quantitative estimate of drug-likeness (QED) is 0.589. The van der Waals surface area contributed by atoms with Crippen LogP contribution in [0, 0.1) is 11.8 Å². The van der Waals surface area contributed by atoms with Gasteiger partial charge in [0.15, 0.2) is 0 Å². The van der Waals surface area contributed by atoms with Crippen molar-refractivity contribution in [3.8, 4) is 0 Å². The van der Waals surface area contributed by atoms with E-state index in [0.717, 1.165) is 19.3 Å². The summed E-state index contributed by atoms with van der Waals surface area (Å²) in [7, 11) is 0. The van der Waals surface area contributed by atoms with Crippen molar-refractivity contribution >= 4 is 5.97 Å². The van der Waals surface area contributed by atoms with Crippen LogP contribution in [0.15, 0.2) is 0 Å². The highest BCUT2D eigenvalue weighted by Crippen LogP contribution is 2.37. The molecular weight excluding hydrogens is 156 g/mol. The average Bonchev–Trinajstić information content (AvgIpc) is 2.43. The van der Waals surface area contributed by atoms with Crippen molar-refractivity contribution in [2.75, 3.05) is 6.61 Å². The van der Waals surface area contributed by atoms with Crippen molar-refractivity contribution in [1.82, 2.24) is 0 Å². The predicted molar refractivity (Wildman–Crippen MR) is 42.4 cm³/mol. The van der Waals surface area contributed by atoms with E-state index in [9.17, 15) is 4.79 Å². The van der Waals surface area contributed by atoms with Gasteiger partial charge in [-0.2, -0.15) is 0 Å².